The largest absolute Gasteiger partial charge is 0.478 e. The number of nitriles is 1. The van der Waals surface area contributed by atoms with Crippen molar-refractivity contribution >= 4 is 23.2 Å². The van der Waals surface area contributed by atoms with Gasteiger partial charge in [0.1, 0.15) is 11.8 Å². The van der Waals surface area contributed by atoms with Gasteiger partial charge in [-0.1, -0.05) is 24.3 Å². The van der Waals surface area contributed by atoms with E-state index in [1.165, 1.54) is 0 Å². The Morgan fingerprint density at radius 1 is 1.23 bits per heavy atom. The van der Waals surface area contributed by atoms with Gasteiger partial charge in [-0.25, -0.2) is 10.4 Å². The van der Waals surface area contributed by atoms with E-state index in [1.54, 1.807) is 12.3 Å². The molecule has 3 aromatic rings. The fraction of sp³-hybridized carbons (Fsp3) is 0.0625. The van der Waals surface area contributed by atoms with Crippen molar-refractivity contribution in [2.24, 2.45) is 5.10 Å². The highest BCUT2D eigenvalue weighted by Gasteiger charge is 2.01. The number of anilines is 1. The van der Waals surface area contributed by atoms with Gasteiger partial charge in [0.15, 0.2) is 6.61 Å². The molecule has 0 spiro atoms. The van der Waals surface area contributed by atoms with Crippen molar-refractivity contribution < 1.29 is 4.74 Å². The molecule has 1 heterocycles. The van der Waals surface area contributed by atoms with Gasteiger partial charge in [0.05, 0.1) is 17.2 Å². The highest BCUT2D eigenvalue weighted by atomic mass is 16.5. The molecule has 0 saturated carbocycles. The lowest BCUT2D eigenvalue weighted by Crippen LogP contribution is -1.98. The molecule has 2 aromatic carbocycles. The minimum Gasteiger partial charge on any atom is -0.478 e. The third kappa shape index (κ3) is 3.04. The van der Waals surface area contributed by atoms with Crippen LogP contribution in [-0.2, 0) is 0 Å². The van der Waals surface area contributed by atoms with Crippen LogP contribution >= 0.6 is 0 Å². The average Bonchev–Trinajstić information content (AvgIpc) is 2.96. The van der Waals surface area contributed by atoms with E-state index in [4.69, 9.17) is 10.00 Å². The molecule has 1 aromatic heterocycles. The van der Waals surface area contributed by atoms with Crippen LogP contribution in [0.2, 0.25) is 0 Å². The highest BCUT2D eigenvalue weighted by Crippen LogP contribution is 2.16. The standard InChI is InChI=1S/C16H13N5O/c17-9-10-22-15-8-4-1-5-12(15)11-18-21-16-19-13-6-2-3-7-14(13)20-16/h1-8,11H,10H2,(H2,19,20,21)/b18-11-. The Kier molecular flexibility index (Phi) is 3.98. The SMILES string of the molecule is N#CCOc1ccccc1/C=N\Nc1nc2ccccc2[nH]1. The van der Waals surface area contributed by atoms with Gasteiger partial charge in [0.2, 0.25) is 5.95 Å². The summed E-state index contributed by atoms with van der Waals surface area (Å²) in [6, 6.07) is 17.1. The van der Waals surface area contributed by atoms with E-state index in [0.717, 1.165) is 16.6 Å². The van der Waals surface area contributed by atoms with Crippen molar-refractivity contribution in [1.82, 2.24) is 9.97 Å². The second kappa shape index (κ2) is 6.41. The van der Waals surface area contributed by atoms with Crippen LogP contribution in [0, 0.1) is 11.3 Å². The van der Waals surface area contributed by atoms with Crippen molar-refractivity contribution in [1.29, 1.82) is 5.26 Å². The molecule has 22 heavy (non-hydrogen) atoms. The van der Waals surface area contributed by atoms with Crippen molar-refractivity contribution in [3.63, 3.8) is 0 Å². The van der Waals surface area contributed by atoms with E-state index in [9.17, 15) is 0 Å². The van der Waals surface area contributed by atoms with Crippen LogP contribution < -0.4 is 10.2 Å². The number of aromatic amines is 1. The summed E-state index contributed by atoms with van der Waals surface area (Å²) >= 11 is 0. The summed E-state index contributed by atoms with van der Waals surface area (Å²) in [5.41, 5.74) is 5.44. The maximum Gasteiger partial charge on any atom is 0.222 e. The second-order valence-electron chi connectivity index (χ2n) is 4.46. The first-order chi connectivity index (χ1) is 10.9. The maximum absolute atomic E-state index is 8.58. The van der Waals surface area contributed by atoms with Crippen LogP contribution in [-0.4, -0.2) is 22.8 Å². The Bertz CT molecular complexity index is 814. The van der Waals surface area contributed by atoms with Crippen molar-refractivity contribution in [2.45, 2.75) is 0 Å². The normalized spacial score (nSPS) is 10.7. The monoisotopic (exact) mass is 291 g/mol. The fourth-order valence-electron chi connectivity index (χ4n) is 2.00. The molecule has 108 valence electrons. The molecule has 0 aliphatic rings. The van der Waals surface area contributed by atoms with Crippen molar-refractivity contribution in [2.75, 3.05) is 12.0 Å². The van der Waals surface area contributed by atoms with E-state index < -0.39 is 0 Å². The van der Waals surface area contributed by atoms with E-state index in [2.05, 4.69) is 20.5 Å². The second-order valence-corrected chi connectivity index (χ2v) is 4.46. The molecule has 0 aliphatic carbocycles. The Hall–Kier alpha value is -3.33. The lowest BCUT2D eigenvalue weighted by molar-refractivity contribution is 0.367. The molecule has 0 saturated heterocycles. The average molecular weight is 291 g/mol. The quantitative estimate of drug-likeness (QED) is 0.559. The van der Waals surface area contributed by atoms with E-state index in [0.29, 0.717) is 11.7 Å². The number of imidazole rings is 1. The molecule has 0 radical (unpaired) electrons. The first-order valence-corrected chi connectivity index (χ1v) is 6.69. The fourth-order valence-corrected chi connectivity index (χ4v) is 2.00. The van der Waals surface area contributed by atoms with Gasteiger partial charge < -0.3 is 9.72 Å². The number of H-pyrrole nitrogens is 1. The molecule has 0 amide bonds. The molecule has 0 aliphatic heterocycles. The summed E-state index contributed by atoms with van der Waals surface area (Å²) in [7, 11) is 0. The van der Waals surface area contributed by atoms with Gasteiger partial charge >= 0.3 is 0 Å². The maximum atomic E-state index is 8.58. The summed E-state index contributed by atoms with van der Waals surface area (Å²) in [6.07, 6.45) is 1.62. The molecule has 0 bridgehead atoms. The highest BCUT2D eigenvalue weighted by molar-refractivity contribution is 5.84. The molecule has 6 heteroatoms. The summed E-state index contributed by atoms with van der Waals surface area (Å²) in [5, 5.41) is 12.7. The summed E-state index contributed by atoms with van der Waals surface area (Å²) in [5.74, 6) is 1.17. The minimum atomic E-state index is 0.00184. The first-order valence-electron chi connectivity index (χ1n) is 6.69. The molecule has 0 atom stereocenters. The van der Waals surface area contributed by atoms with Gasteiger partial charge in [-0.15, -0.1) is 0 Å². The summed E-state index contributed by atoms with van der Waals surface area (Å²) < 4.78 is 5.33. The zero-order chi connectivity index (χ0) is 15.2. The van der Waals surface area contributed by atoms with Gasteiger partial charge in [-0.2, -0.15) is 10.4 Å². The minimum absolute atomic E-state index is 0.00184. The van der Waals surface area contributed by atoms with Crippen LogP contribution in [0.15, 0.2) is 53.6 Å². The number of nitrogens with zero attached hydrogens (tertiary/aromatic N) is 3. The third-order valence-corrected chi connectivity index (χ3v) is 2.97. The van der Waals surface area contributed by atoms with E-state index in [1.807, 2.05) is 48.5 Å². The zero-order valence-corrected chi connectivity index (χ0v) is 11.7. The lowest BCUT2D eigenvalue weighted by atomic mass is 10.2. The molecular formula is C16H13N5O. The lowest BCUT2D eigenvalue weighted by Gasteiger charge is -2.04. The number of para-hydroxylation sites is 3. The zero-order valence-electron chi connectivity index (χ0n) is 11.7. The number of aromatic nitrogens is 2. The van der Waals surface area contributed by atoms with Gasteiger partial charge in [0.25, 0.3) is 0 Å². The van der Waals surface area contributed by atoms with Gasteiger partial charge in [0, 0.05) is 5.56 Å². The Morgan fingerprint density at radius 3 is 2.91 bits per heavy atom. The van der Waals surface area contributed by atoms with Crippen LogP contribution in [0.5, 0.6) is 5.75 Å². The topological polar surface area (TPSA) is 86.1 Å². The predicted octanol–water partition coefficient (Wildman–Crippen LogP) is 2.91. The van der Waals surface area contributed by atoms with E-state index in [-0.39, 0.29) is 6.61 Å². The van der Waals surface area contributed by atoms with Crippen LogP contribution in [0.25, 0.3) is 11.0 Å². The Morgan fingerprint density at radius 2 is 2.05 bits per heavy atom. The van der Waals surface area contributed by atoms with Crippen LogP contribution in [0.4, 0.5) is 5.95 Å². The molecule has 0 unspecified atom stereocenters. The first kappa shape index (κ1) is 13.6. The summed E-state index contributed by atoms with van der Waals surface area (Å²) in [4.78, 5) is 7.48. The van der Waals surface area contributed by atoms with Crippen LogP contribution in [0.3, 0.4) is 0 Å². The number of hydrazone groups is 1. The number of benzene rings is 2. The number of fused-ring (bicyclic) bond motifs is 1. The molecule has 3 rings (SSSR count). The smallest absolute Gasteiger partial charge is 0.222 e. The van der Waals surface area contributed by atoms with Crippen molar-refractivity contribution in [3.05, 3.63) is 54.1 Å². The predicted molar refractivity (Wildman–Crippen MR) is 84.9 cm³/mol. The number of hydrogen-bond donors (Lipinski definition) is 2. The number of hydrogen-bond acceptors (Lipinski definition) is 5. The number of rotatable bonds is 5. The molecule has 2 N–H and O–H groups in total. The molecular weight excluding hydrogens is 278 g/mol. The van der Waals surface area contributed by atoms with Crippen molar-refractivity contribution in [3.8, 4) is 11.8 Å². The molecule has 0 fully saturated rings. The summed E-state index contributed by atoms with van der Waals surface area (Å²) in [6.45, 7) is 0.00184. The Labute approximate surface area is 127 Å². The van der Waals surface area contributed by atoms with Gasteiger partial charge in [-0.3, -0.25) is 0 Å². The number of ether oxygens (including phenoxy) is 1. The Balaban J connectivity index is 1.73. The molecule has 6 nitrogen and oxygen atoms in total. The van der Waals surface area contributed by atoms with Gasteiger partial charge in [-0.05, 0) is 24.3 Å². The van der Waals surface area contributed by atoms with Crippen LogP contribution in [0.1, 0.15) is 5.56 Å². The van der Waals surface area contributed by atoms with E-state index >= 15 is 0 Å². The number of nitrogens with one attached hydrogen (secondary N) is 2. The third-order valence-electron chi connectivity index (χ3n) is 2.97.